The van der Waals surface area contributed by atoms with E-state index in [-0.39, 0.29) is 11.7 Å². The predicted molar refractivity (Wildman–Crippen MR) is 95.1 cm³/mol. The molecule has 4 aromatic rings. The summed E-state index contributed by atoms with van der Waals surface area (Å²) in [7, 11) is 0. The van der Waals surface area contributed by atoms with E-state index in [1.165, 1.54) is 0 Å². The van der Waals surface area contributed by atoms with Crippen molar-refractivity contribution in [1.82, 2.24) is 15.0 Å². The zero-order valence-corrected chi connectivity index (χ0v) is 13.8. The van der Waals surface area contributed by atoms with Crippen LogP contribution in [0.15, 0.2) is 67.0 Å². The number of aromatic nitrogens is 3. The van der Waals surface area contributed by atoms with Crippen LogP contribution in [-0.2, 0) is 6.18 Å². The molecule has 0 atom stereocenters. The minimum atomic E-state index is -4.65. The van der Waals surface area contributed by atoms with Gasteiger partial charge < -0.3 is 15.0 Å². The van der Waals surface area contributed by atoms with Crippen LogP contribution >= 0.6 is 0 Å². The number of anilines is 2. The van der Waals surface area contributed by atoms with E-state index in [2.05, 4.69) is 20.3 Å². The molecule has 2 N–H and O–H groups in total. The number of rotatable bonds is 4. The minimum Gasteiger partial charge on any atom is -0.437 e. The van der Waals surface area contributed by atoms with Crippen molar-refractivity contribution in [2.24, 2.45) is 0 Å². The zero-order chi connectivity index (χ0) is 18.9. The van der Waals surface area contributed by atoms with Crippen molar-refractivity contribution < 1.29 is 17.9 Å². The highest BCUT2D eigenvalue weighted by Crippen LogP contribution is 2.38. The largest absolute Gasteiger partial charge is 0.437 e. The van der Waals surface area contributed by atoms with Gasteiger partial charge in [0, 0.05) is 29.0 Å². The van der Waals surface area contributed by atoms with Crippen molar-refractivity contribution in [3.63, 3.8) is 0 Å². The van der Waals surface area contributed by atoms with E-state index < -0.39 is 17.6 Å². The Morgan fingerprint density at radius 3 is 2.56 bits per heavy atom. The van der Waals surface area contributed by atoms with E-state index in [9.17, 15) is 13.2 Å². The third kappa shape index (κ3) is 3.55. The molecule has 5 nitrogen and oxygen atoms in total. The van der Waals surface area contributed by atoms with E-state index >= 15 is 0 Å². The van der Waals surface area contributed by atoms with E-state index in [0.717, 1.165) is 5.52 Å². The Kier molecular flexibility index (Phi) is 4.15. The van der Waals surface area contributed by atoms with Crippen LogP contribution in [0, 0.1) is 0 Å². The van der Waals surface area contributed by atoms with E-state index in [4.69, 9.17) is 4.74 Å². The predicted octanol–water partition coefficient (Wildman–Crippen LogP) is 5.51. The van der Waals surface area contributed by atoms with Crippen molar-refractivity contribution in [2.45, 2.75) is 6.18 Å². The van der Waals surface area contributed by atoms with Gasteiger partial charge in [-0.2, -0.15) is 18.2 Å². The van der Waals surface area contributed by atoms with E-state index in [0.29, 0.717) is 17.3 Å². The van der Waals surface area contributed by atoms with Crippen LogP contribution in [-0.4, -0.2) is 15.0 Å². The number of aromatic amines is 1. The number of nitrogens with one attached hydrogen (secondary N) is 2. The number of nitrogens with zero attached hydrogens (tertiary/aromatic N) is 2. The van der Waals surface area contributed by atoms with E-state index in [1.54, 1.807) is 54.7 Å². The molecular formula is C19H13F3N4O. The average Bonchev–Trinajstić information content (AvgIpc) is 3.12. The zero-order valence-electron chi connectivity index (χ0n) is 13.8. The lowest BCUT2D eigenvalue weighted by atomic mass is 10.2. The van der Waals surface area contributed by atoms with Crippen molar-refractivity contribution >= 4 is 22.5 Å². The Balaban J connectivity index is 1.74. The average molecular weight is 370 g/mol. The third-order valence-electron chi connectivity index (χ3n) is 3.85. The summed E-state index contributed by atoms with van der Waals surface area (Å²) in [6.45, 7) is 0. The second-order valence-electron chi connectivity index (χ2n) is 5.70. The second-order valence-corrected chi connectivity index (χ2v) is 5.70. The van der Waals surface area contributed by atoms with Gasteiger partial charge in [0.1, 0.15) is 11.3 Å². The fourth-order valence-corrected chi connectivity index (χ4v) is 2.60. The highest BCUT2D eigenvalue weighted by Gasteiger charge is 2.36. The van der Waals surface area contributed by atoms with Crippen LogP contribution in [0.25, 0.3) is 10.9 Å². The molecule has 0 aliphatic carbocycles. The molecule has 0 saturated heterocycles. The highest BCUT2D eigenvalue weighted by molar-refractivity contribution is 5.86. The SMILES string of the molecule is FC(F)(F)c1cnc(Nc2ccccc2)nc1Oc1cccc2[nH]ccc12. The van der Waals surface area contributed by atoms with Gasteiger partial charge in [-0.05, 0) is 30.3 Å². The normalized spacial score (nSPS) is 11.5. The summed E-state index contributed by atoms with van der Waals surface area (Å²) in [5.41, 5.74) is 0.349. The maximum absolute atomic E-state index is 13.4. The van der Waals surface area contributed by atoms with Crippen molar-refractivity contribution in [3.8, 4) is 11.6 Å². The second kappa shape index (κ2) is 6.64. The van der Waals surface area contributed by atoms with Gasteiger partial charge in [0.25, 0.3) is 0 Å². The number of hydrogen-bond acceptors (Lipinski definition) is 4. The molecule has 0 unspecified atom stereocenters. The van der Waals surface area contributed by atoms with Gasteiger partial charge in [-0.1, -0.05) is 24.3 Å². The Bertz CT molecular complexity index is 1080. The number of alkyl halides is 3. The monoisotopic (exact) mass is 370 g/mol. The standard InChI is InChI=1S/C19H13F3N4O/c20-19(21,22)14-11-24-18(25-12-5-2-1-3-6-12)26-17(14)27-16-8-4-7-15-13(16)9-10-23-15/h1-11,23H,(H,24,25,26). The van der Waals surface area contributed by atoms with Crippen molar-refractivity contribution in [3.05, 3.63) is 72.6 Å². The Morgan fingerprint density at radius 2 is 1.78 bits per heavy atom. The Hall–Kier alpha value is -3.55. The molecular weight excluding hydrogens is 357 g/mol. The lowest BCUT2D eigenvalue weighted by Crippen LogP contribution is -2.11. The summed E-state index contributed by atoms with van der Waals surface area (Å²) in [6.07, 6.45) is -2.25. The fraction of sp³-hybridized carbons (Fsp3) is 0.0526. The van der Waals surface area contributed by atoms with Gasteiger partial charge in [-0.25, -0.2) is 4.98 Å². The van der Waals surface area contributed by atoms with Crippen molar-refractivity contribution in [1.29, 1.82) is 0 Å². The van der Waals surface area contributed by atoms with Crippen LogP contribution in [0.4, 0.5) is 24.8 Å². The van der Waals surface area contributed by atoms with Gasteiger partial charge in [-0.3, -0.25) is 0 Å². The molecule has 0 fully saturated rings. The Labute approximate surface area is 151 Å². The number of ether oxygens (including phenoxy) is 1. The topological polar surface area (TPSA) is 62.8 Å². The maximum Gasteiger partial charge on any atom is 0.423 e. The number of fused-ring (bicyclic) bond motifs is 1. The lowest BCUT2D eigenvalue weighted by Gasteiger charge is -2.14. The molecule has 0 saturated carbocycles. The first-order chi connectivity index (χ1) is 13.0. The number of H-pyrrole nitrogens is 1. The molecule has 4 rings (SSSR count). The summed E-state index contributed by atoms with van der Waals surface area (Å²) in [5.74, 6) is -0.293. The van der Waals surface area contributed by atoms with Gasteiger partial charge >= 0.3 is 6.18 Å². The summed E-state index contributed by atoms with van der Waals surface area (Å²) in [5, 5.41) is 3.52. The van der Waals surface area contributed by atoms with E-state index in [1.807, 2.05) is 6.07 Å². The summed E-state index contributed by atoms with van der Waals surface area (Å²) < 4.78 is 45.7. The molecule has 2 heterocycles. The molecule has 0 bridgehead atoms. The molecule has 0 radical (unpaired) electrons. The summed E-state index contributed by atoms with van der Waals surface area (Å²) >= 11 is 0. The summed E-state index contributed by atoms with van der Waals surface area (Å²) in [4.78, 5) is 10.7. The molecule has 0 amide bonds. The van der Waals surface area contributed by atoms with Crippen LogP contribution in [0.1, 0.15) is 5.56 Å². The first-order valence-corrected chi connectivity index (χ1v) is 8.01. The molecule has 2 aromatic carbocycles. The quantitative estimate of drug-likeness (QED) is 0.497. The van der Waals surface area contributed by atoms with Crippen LogP contribution in [0.2, 0.25) is 0 Å². The van der Waals surface area contributed by atoms with Crippen molar-refractivity contribution in [2.75, 3.05) is 5.32 Å². The molecule has 136 valence electrons. The smallest absolute Gasteiger partial charge is 0.423 e. The highest BCUT2D eigenvalue weighted by atomic mass is 19.4. The van der Waals surface area contributed by atoms with Gasteiger partial charge in [-0.15, -0.1) is 0 Å². The lowest BCUT2D eigenvalue weighted by molar-refractivity contribution is -0.139. The minimum absolute atomic E-state index is 0.00504. The number of benzene rings is 2. The number of hydrogen-bond donors (Lipinski definition) is 2. The fourth-order valence-electron chi connectivity index (χ4n) is 2.60. The Morgan fingerprint density at radius 1 is 0.963 bits per heavy atom. The summed E-state index contributed by atoms with van der Waals surface area (Å²) in [6, 6.07) is 15.7. The first kappa shape index (κ1) is 16.9. The van der Waals surface area contributed by atoms with Crippen LogP contribution in [0.3, 0.4) is 0 Å². The molecule has 27 heavy (non-hydrogen) atoms. The molecule has 0 aliphatic rings. The number of halogens is 3. The molecule has 2 aromatic heterocycles. The molecule has 8 heteroatoms. The van der Waals surface area contributed by atoms with Gasteiger partial charge in [0.05, 0.1) is 0 Å². The molecule has 0 spiro atoms. The number of para-hydroxylation sites is 1. The molecule has 0 aliphatic heterocycles. The first-order valence-electron chi connectivity index (χ1n) is 8.01. The van der Waals surface area contributed by atoms with Gasteiger partial charge in [0.15, 0.2) is 0 Å². The maximum atomic E-state index is 13.4. The van der Waals surface area contributed by atoms with Crippen LogP contribution < -0.4 is 10.1 Å². The van der Waals surface area contributed by atoms with Crippen LogP contribution in [0.5, 0.6) is 11.6 Å². The third-order valence-corrected chi connectivity index (χ3v) is 3.85. The van der Waals surface area contributed by atoms with Gasteiger partial charge in [0.2, 0.25) is 11.8 Å².